The Labute approximate surface area is 98.3 Å². The van der Waals surface area contributed by atoms with E-state index in [4.69, 9.17) is 21.6 Å². The fraction of sp³-hybridized carbons (Fsp3) is 0.273. The van der Waals surface area contributed by atoms with Crippen LogP contribution in [0.1, 0.15) is 21.5 Å². The van der Waals surface area contributed by atoms with Crippen LogP contribution in [0.25, 0.3) is 0 Å². The Morgan fingerprint density at radius 3 is 2.62 bits per heavy atom. The van der Waals surface area contributed by atoms with Gasteiger partial charge in [0.05, 0.1) is 31.2 Å². The van der Waals surface area contributed by atoms with Crippen molar-refractivity contribution < 1.29 is 14.3 Å². The zero-order chi connectivity index (χ0) is 12.1. The quantitative estimate of drug-likeness (QED) is 0.599. The van der Waals surface area contributed by atoms with Gasteiger partial charge in [-0.1, -0.05) is 0 Å². The molecule has 4 nitrogen and oxygen atoms in total. The second kappa shape index (κ2) is 5.38. The van der Waals surface area contributed by atoms with E-state index in [1.54, 1.807) is 0 Å². The highest BCUT2D eigenvalue weighted by molar-refractivity contribution is 6.18. The van der Waals surface area contributed by atoms with Gasteiger partial charge < -0.3 is 9.47 Å². The van der Waals surface area contributed by atoms with E-state index in [-0.39, 0.29) is 5.88 Å². The number of methoxy groups -OCH3 is 2. The predicted octanol–water partition coefficient (Wildman–Crippen LogP) is 2.09. The molecule has 0 amide bonds. The van der Waals surface area contributed by atoms with Gasteiger partial charge in [0, 0.05) is 5.56 Å². The molecule has 0 aliphatic rings. The number of carbonyl (C=O) groups is 1. The first-order chi connectivity index (χ1) is 7.69. The first kappa shape index (κ1) is 12.3. The summed E-state index contributed by atoms with van der Waals surface area (Å²) in [5.74, 6) is -0.109. The zero-order valence-corrected chi connectivity index (χ0v) is 9.67. The maximum atomic E-state index is 11.4. The van der Waals surface area contributed by atoms with Crippen molar-refractivity contribution in [2.75, 3.05) is 14.2 Å². The van der Waals surface area contributed by atoms with Gasteiger partial charge in [-0.25, -0.2) is 4.79 Å². The number of benzene rings is 1. The van der Waals surface area contributed by atoms with E-state index in [1.807, 2.05) is 6.07 Å². The number of esters is 1. The van der Waals surface area contributed by atoms with Crippen molar-refractivity contribution >= 4 is 17.6 Å². The number of hydrogen-bond donors (Lipinski definition) is 0. The minimum atomic E-state index is -0.501. The van der Waals surface area contributed by atoms with Gasteiger partial charge in [-0.3, -0.25) is 0 Å². The topological polar surface area (TPSA) is 59.3 Å². The number of carbonyl (C=O) groups excluding carboxylic acids is 1. The van der Waals surface area contributed by atoms with Crippen LogP contribution in [0.15, 0.2) is 12.1 Å². The fourth-order valence-corrected chi connectivity index (χ4v) is 1.65. The maximum Gasteiger partial charge on any atom is 0.338 e. The summed E-state index contributed by atoms with van der Waals surface area (Å²) in [5, 5.41) is 8.87. The van der Waals surface area contributed by atoms with E-state index in [0.717, 1.165) is 0 Å². The summed E-state index contributed by atoms with van der Waals surface area (Å²) in [7, 11) is 2.71. The SMILES string of the molecule is COC(=O)c1ccc(C#N)c(OC)c1CCl. The van der Waals surface area contributed by atoms with Crippen molar-refractivity contribution in [3.05, 3.63) is 28.8 Å². The van der Waals surface area contributed by atoms with Gasteiger partial charge in [0.25, 0.3) is 0 Å². The smallest absolute Gasteiger partial charge is 0.338 e. The van der Waals surface area contributed by atoms with E-state index in [2.05, 4.69) is 4.74 Å². The van der Waals surface area contributed by atoms with Gasteiger partial charge in [-0.2, -0.15) is 5.26 Å². The van der Waals surface area contributed by atoms with Gasteiger partial charge in [-0.15, -0.1) is 11.6 Å². The summed E-state index contributed by atoms with van der Waals surface area (Å²) < 4.78 is 9.69. The lowest BCUT2D eigenvalue weighted by Gasteiger charge is -2.11. The first-order valence-electron chi connectivity index (χ1n) is 4.43. The van der Waals surface area contributed by atoms with Crippen LogP contribution in [0.5, 0.6) is 5.75 Å². The number of halogens is 1. The molecule has 0 atom stereocenters. The minimum Gasteiger partial charge on any atom is -0.495 e. The first-order valence-corrected chi connectivity index (χ1v) is 4.97. The number of rotatable bonds is 3. The number of nitriles is 1. The maximum absolute atomic E-state index is 11.4. The summed E-state index contributed by atoms with van der Waals surface area (Å²) in [4.78, 5) is 11.4. The van der Waals surface area contributed by atoms with Crippen molar-refractivity contribution in [3.63, 3.8) is 0 Å². The van der Waals surface area contributed by atoms with Gasteiger partial charge in [0.2, 0.25) is 0 Å². The number of nitrogens with zero attached hydrogens (tertiary/aromatic N) is 1. The molecule has 0 unspecified atom stereocenters. The third-order valence-electron chi connectivity index (χ3n) is 2.12. The lowest BCUT2D eigenvalue weighted by atomic mass is 10.0. The monoisotopic (exact) mass is 239 g/mol. The largest absolute Gasteiger partial charge is 0.495 e. The summed E-state index contributed by atoms with van der Waals surface area (Å²) in [6.07, 6.45) is 0. The third-order valence-corrected chi connectivity index (χ3v) is 2.39. The molecular weight excluding hydrogens is 230 g/mol. The lowest BCUT2D eigenvalue weighted by Crippen LogP contribution is -2.07. The van der Waals surface area contributed by atoms with Crippen molar-refractivity contribution in [1.29, 1.82) is 5.26 Å². The Morgan fingerprint density at radius 1 is 1.50 bits per heavy atom. The van der Waals surface area contributed by atoms with E-state index in [0.29, 0.717) is 22.4 Å². The van der Waals surface area contributed by atoms with Crippen molar-refractivity contribution in [2.24, 2.45) is 0 Å². The van der Waals surface area contributed by atoms with Gasteiger partial charge >= 0.3 is 5.97 Å². The number of alkyl halides is 1. The molecule has 0 aliphatic carbocycles. The van der Waals surface area contributed by atoms with E-state index in [9.17, 15) is 4.79 Å². The standard InChI is InChI=1S/C11H10ClNO3/c1-15-10-7(6-13)3-4-8(9(10)5-12)11(14)16-2/h3-4H,5H2,1-2H3. The van der Waals surface area contributed by atoms with Crippen LogP contribution in [0.4, 0.5) is 0 Å². The van der Waals surface area contributed by atoms with Crippen LogP contribution in [0.3, 0.4) is 0 Å². The Balaban J connectivity index is 3.44. The summed E-state index contributed by atoms with van der Waals surface area (Å²) in [6.45, 7) is 0. The zero-order valence-electron chi connectivity index (χ0n) is 8.91. The molecule has 1 aromatic rings. The normalized spacial score (nSPS) is 9.38. The van der Waals surface area contributed by atoms with Crippen LogP contribution in [0.2, 0.25) is 0 Å². The Kier molecular flexibility index (Phi) is 4.15. The summed E-state index contributed by atoms with van der Waals surface area (Å²) in [5.41, 5.74) is 1.12. The Bertz CT molecular complexity index is 451. The molecule has 5 heteroatoms. The molecule has 0 aromatic heterocycles. The van der Waals surface area contributed by atoms with Crippen molar-refractivity contribution in [2.45, 2.75) is 5.88 Å². The van der Waals surface area contributed by atoms with Crippen LogP contribution in [-0.4, -0.2) is 20.2 Å². The predicted molar refractivity (Wildman–Crippen MR) is 58.6 cm³/mol. The Morgan fingerprint density at radius 2 is 2.19 bits per heavy atom. The molecular formula is C11H10ClNO3. The molecule has 0 aliphatic heterocycles. The highest BCUT2D eigenvalue weighted by atomic mass is 35.5. The van der Waals surface area contributed by atoms with Crippen LogP contribution in [0, 0.1) is 11.3 Å². The molecule has 84 valence electrons. The van der Waals surface area contributed by atoms with E-state index < -0.39 is 5.97 Å². The van der Waals surface area contributed by atoms with Crippen molar-refractivity contribution in [1.82, 2.24) is 0 Å². The summed E-state index contributed by atoms with van der Waals surface area (Å²) >= 11 is 5.75. The molecule has 0 fully saturated rings. The average Bonchev–Trinajstić information content (AvgIpc) is 2.35. The molecule has 0 heterocycles. The molecule has 0 saturated heterocycles. The second-order valence-corrected chi connectivity index (χ2v) is 3.18. The van der Waals surface area contributed by atoms with Crippen molar-refractivity contribution in [3.8, 4) is 11.8 Å². The lowest BCUT2D eigenvalue weighted by molar-refractivity contribution is 0.0599. The third kappa shape index (κ3) is 2.10. The number of ether oxygens (including phenoxy) is 2. The van der Waals surface area contributed by atoms with Gasteiger partial charge in [-0.05, 0) is 12.1 Å². The van der Waals surface area contributed by atoms with E-state index in [1.165, 1.54) is 26.4 Å². The molecule has 0 N–H and O–H groups in total. The molecule has 0 bridgehead atoms. The fourth-order valence-electron chi connectivity index (χ4n) is 1.38. The highest BCUT2D eigenvalue weighted by Crippen LogP contribution is 2.28. The Hall–Kier alpha value is -1.73. The molecule has 0 saturated carbocycles. The van der Waals surface area contributed by atoms with Crippen LogP contribution >= 0.6 is 11.6 Å². The minimum absolute atomic E-state index is 0.0725. The summed E-state index contributed by atoms with van der Waals surface area (Å²) in [6, 6.07) is 4.98. The van der Waals surface area contributed by atoms with Gasteiger partial charge in [0.15, 0.2) is 0 Å². The number of hydrogen-bond acceptors (Lipinski definition) is 4. The molecule has 1 aromatic carbocycles. The van der Waals surface area contributed by atoms with Crippen LogP contribution in [-0.2, 0) is 10.6 Å². The van der Waals surface area contributed by atoms with E-state index >= 15 is 0 Å². The molecule has 0 radical (unpaired) electrons. The molecule has 0 spiro atoms. The van der Waals surface area contributed by atoms with Gasteiger partial charge in [0.1, 0.15) is 11.8 Å². The second-order valence-electron chi connectivity index (χ2n) is 2.91. The highest BCUT2D eigenvalue weighted by Gasteiger charge is 2.18. The molecule has 16 heavy (non-hydrogen) atoms. The average molecular weight is 240 g/mol. The van der Waals surface area contributed by atoms with Crippen LogP contribution < -0.4 is 4.74 Å². The molecule has 1 rings (SSSR count).